The number of nitrogens with one attached hydrogen (secondary N) is 1. The quantitative estimate of drug-likeness (QED) is 0.446. The summed E-state index contributed by atoms with van der Waals surface area (Å²) in [6.07, 6.45) is 1.79. The van der Waals surface area contributed by atoms with Crippen LogP contribution in [-0.4, -0.2) is 21.5 Å². The van der Waals surface area contributed by atoms with Crippen LogP contribution in [0.3, 0.4) is 0 Å². The van der Waals surface area contributed by atoms with Gasteiger partial charge in [-0.25, -0.2) is 4.98 Å². The maximum Gasteiger partial charge on any atom is 0.225 e. The molecule has 0 atom stereocenters. The molecule has 2 aromatic heterocycles. The molecular weight excluding hydrogens is 370 g/mol. The van der Waals surface area contributed by atoms with Crippen LogP contribution in [0, 0.1) is 0 Å². The molecule has 0 unspecified atom stereocenters. The normalized spacial score (nSPS) is 10.6. The van der Waals surface area contributed by atoms with Gasteiger partial charge >= 0.3 is 0 Å². The van der Waals surface area contributed by atoms with Crippen LogP contribution in [0.15, 0.2) is 91.1 Å². The number of aromatic nitrogens is 3. The van der Waals surface area contributed by atoms with Gasteiger partial charge in [-0.05, 0) is 24.6 Å². The van der Waals surface area contributed by atoms with E-state index >= 15 is 0 Å². The molecule has 0 amide bonds. The first-order valence-electron chi connectivity index (χ1n) is 10.2. The highest BCUT2D eigenvalue weighted by Gasteiger charge is 2.12. The Morgan fingerprint density at radius 3 is 2.27 bits per heavy atom. The lowest BCUT2D eigenvalue weighted by molar-refractivity contribution is 0.810. The van der Waals surface area contributed by atoms with Crippen molar-refractivity contribution in [1.29, 1.82) is 0 Å². The Balaban J connectivity index is 1.65. The van der Waals surface area contributed by atoms with E-state index in [0.717, 1.165) is 35.9 Å². The van der Waals surface area contributed by atoms with Gasteiger partial charge in [-0.3, -0.25) is 4.98 Å². The topological polar surface area (TPSA) is 53.9 Å². The highest BCUT2D eigenvalue weighted by atomic mass is 15.2. The molecule has 0 bridgehead atoms. The molecule has 150 valence electrons. The van der Waals surface area contributed by atoms with Crippen molar-refractivity contribution in [3.63, 3.8) is 0 Å². The van der Waals surface area contributed by atoms with Crippen molar-refractivity contribution in [2.24, 2.45) is 0 Å². The van der Waals surface area contributed by atoms with Crippen LogP contribution < -0.4 is 10.2 Å². The molecular formula is C25H25N5. The van der Waals surface area contributed by atoms with Crippen LogP contribution >= 0.6 is 0 Å². The predicted molar refractivity (Wildman–Crippen MR) is 122 cm³/mol. The summed E-state index contributed by atoms with van der Waals surface area (Å²) >= 11 is 0. The van der Waals surface area contributed by atoms with Gasteiger partial charge in [0.25, 0.3) is 0 Å². The molecule has 30 heavy (non-hydrogen) atoms. The van der Waals surface area contributed by atoms with Crippen LogP contribution in [-0.2, 0) is 13.1 Å². The fourth-order valence-corrected chi connectivity index (χ4v) is 3.26. The van der Waals surface area contributed by atoms with Crippen molar-refractivity contribution >= 4 is 11.8 Å². The number of benzene rings is 2. The Labute approximate surface area is 177 Å². The number of rotatable bonds is 8. The van der Waals surface area contributed by atoms with Gasteiger partial charge in [0.05, 0.1) is 17.9 Å². The largest absolute Gasteiger partial charge is 0.352 e. The van der Waals surface area contributed by atoms with E-state index in [9.17, 15) is 0 Å². The molecule has 2 heterocycles. The van der Waals surface area contributed by atoms with Crippen molar-refractivity contribution in [3.05, 3.63) is 102 Å². The van der Waals surface area contributed by atoms with Crippen molar-refractivity contribution in [2.75, 3.05) is 16.8 Å². The van der Waals surface area contributed by atoms with Gasteiger partial charge < -0.3 is 10.2 Å². The molecule has 0 fully saturated rings. The molecule has 0 aliphatic heterocycles. The molecule has 5 nitrogen and oxygen atoms in total. The zero-order valence-corrected chi connectivity index (χ0v) is 17.1. The SMILES string of the molecule is CCN(Cc1ccccc1)c1cc(-c2ccccc2)nc(NCc2ccccn2)n1. The van der Waals surface area contributed by atoms with Crippen molar-refractivity contribution in [1.82, 2.24) is 15.0 Å². The van der Waals surface area contributed by atoms with E-state index in [1.165, 1.54) is 5.56 Å². The molecule has 0 saturated carbocycles. The van der Waals surface area contributed by atoms with Gasteiger partial charge in [0, 0.05) is 30.9 Å². The van der Waals surface area contributed by atoms with Gasteiger partial charge in [0.15, 0.2) is 0 Å². The van der Waals surface area contributed by atoms with Crippen LogP contribution in [0.25, 0.3) is 11.3 Å². The Morgan fingerprint density at radius 2 is 1.57 bits per heavy atom. The third-order valence-electron chi connectivity index (χ3n) is 4.86. The van der Waals surface area contributed by atoms with Gasteiger partial charge in [0.1, 0.15) is 5.82 Å². The summed E-state index contributed by atoms with van der Waals surface area (Å²) in [7, 11) is 0. The summed E-state index contributed by atoms with van der Waals surface area (Å²) in [6.45, 7) is 4.36. The van der Waals surface area contributed by atoms with E-state index in [2.05, 4.69) is 64.6 Å². The molecule has 0 radical (unpaired) electrons. The standard InChI is InChI=1S/C25H25N5/c1-2-30(19-20-11-5-3-6-12-20)24-17-23(21-13-7-4-8-14-21)28-25(29-24)27-18-22-15-9-10-16-26-22/h3-17H,2,18-19H2,1H3,(H,27,28,29). The Morgan fingerprint density at radius 1 is 0.833 bits per heavy atom. The van der Waals surface area contributed by atoms with Crippen LogP contribution in [0.4, 0.5) is 11.8 Å². The maximum absolute atomic E-state index is 4.82. The van der Waals surface area contributed by atoms with E-state index in [4.69, 9.17) is 9.97 Å². The van der Waals surface area contributed by atoms with E-state index in [-0.39, 0.29) is 0 Å². The zero-order chi connectivity index (χ0) is 20.6. The molecule has 0 aliphatic carbocycles. The lowest BCUT2D eigenvalue weighted by atomic mass is 10.1. The highest BCUT2D eigenvalue weighted by molar-refractivity contribution is 5.64. The lowest BCUT2D eigenvalue weighted by Gasteiger charge is -2.23. The molecule has 2 aromatic carbocycles. The fraction of sp³-hybridized carbons (Fsp3) is 0.160. The predicted octanol–water partition coefficient (Wildman–Crippen LogP) is 5.18. The third-order valence-corrected chi connectivity index (χ3v) is 4.86. The van der Waals surface area contributed by atoms with Gasteiger partial charge in [0.2, 0.25) is 5.95 Å². The molecule has 5 heteroatoms. The first-order chi connectivity index (χ1) is 14.8. The molecule has 4 rings (SSSR count). The number of hydrogen-bond acceptors (Lipinski definition) is 5. The Bertz CT molecular complexity index is 1050. The Kier molecular flexibility index (Phi) is 6.30. The number of pyridine rings is 1. The first kappa shape index (κ1) is 19.6. The summed E-state index contributed by atoms with van der Waals surface area (Å²) in [5, 5.41) is 3.34. The second-order valence-electron chi connectivity index (χ2n) is 6.98. The van der Waals surface area contributed by atoms with Crippen molar-refractivity contribution in [2.45, 2.75) is 20.0 Å². The third kappa shape index (κ3) is 5.00. The van der Waals surface area contributed by atoms with Gasteiger partial charge in [-0.15, -0.1) is 0 Å². The number of hydrogen-bond donors (Lipinski definition) is 1. The highest BCUT2D eigenvalue weighted by Crippen LogP contribution is 2.24. The molecule has 0 saturated heterocycles. The molecule has 0 aliphatic rings. The van der Waals surface area contributed by atoms with Gasteiger partial charge in [-0.1, -0.05) is 66.7 Å². The molecule has 1 N–H and O–H groups in total. The minimum absolute atomic E-state index is 0.573. The lowest BCUT2D eigenvalue weighted by Crippen LogP contribution is -2.23. The minimum atomic E-state index is 0.573. The summed E-state index contributed by atoms with van der Waals surface area (Å²) < 4.78 is 0. The average Bonchev–Trinajstić information content (AvgIpc) is 2.83. The zero-order valence-electron chi connectivity index (χ0n) is 17.1. The minimum Gasteiger partial charge on any atom is -0.352 e. The van der Waals surface area contributed by atoms with Gasteiger partial charge in [-0.2, -0.15) is 4.98 Å². The van der Waals surface area contributed by atoms with Crippen LogP contribution in [0.2, 0.25) is 0 Å². The summed E-state index contributed by atoms with van der Waals surface area (Å²) in [5.41, 5.74) is 4.17. The summed E-state index contributed by atoms with van der Waals surface area (Å²) in [4.78, 5) is 16.2. The first-order valence-corrected chi connectivity index (χ1v) is 10.2. The smallest absolute Gasteiger partial charge is 0.225 e. The van der Waals surface area contributed by atoms with Crippen LogP contribution in [0.5, 0.6) is 0 Å². The van der Waals surface area contributed by atoms with E-state index in [1.54, 1.807) is 6.20 Å². The maximum atomic E-state index is 4.82. The number of nitrogens with zero attached hydrogens (tertiary/aromatic N) is 4. The van der Waals surface area contributed by atoms with Crippen molar-refractivity contribution in [3.8, 4) is 11.3 Å². The van der Waals surface area contributed by atoms with E-state index in [1.807, 2.05) is 42.5 Å². The average molecular weight is 396 g/mol. The fourth-order valence-electron chi connectivity index (χ4n) is 3.26. The summed E-state index contributed by atoms with van der Waals surface area (Å²) in [5.74, 6) is 1.50. The van der Waals surface area contributed by atoms with E-state index in [0.29, 0.717) is 12.5 Å². The van der Waals surface area contributed by atoms with Crippen molar-refractivity contribution < 1.29 is 0 Å². The molecule has 4 aromatic rings. The monoisotopic (exact) mass is 395 g/mol. The van der Waals surface area contributed by atoms with Crippen LogP contribution in [0.1, 0.15) is 18.2 Å². The number of anilines is 2. The molecule has 0 spiro atoms. The second-order valence-corrected chi connectivity index (χ2v) is 6.98. The van der Waals surface area contributed by atoms with E-state index < -0.39 is 0 Å². The summed E-state index contributed by atoms with van der Waals surface area (Å²) in [6, 6.07) is 28.6. The Hall–Kier alpha value is -3.73. The second kappa shape index (κ2) is 9.65.